The summed E-state index contributed by atoms with van der Waals surface area (Å²) in [6.45, 7) is 7.48. The molecule has 1 fully saturated rings. The van der Waals surface area contributed by atoms with E-state index in [-0.39, 0.29) is 11.6 Å². The summed E-state index contributed by atoms with van der Waals surface area (Å²) < 4.78 is 44.2. The van der Waals surface area contributed by atoms with Crippen molar-refractivity contribution in [2.24, 2.45) is 0 Å². The third-order valence-electron chi connectivity index (χ3n) is 3.72. The van der Waals surface area contributed by atoms with Crippen molar-refractivity contribution in [2.45, 2.75) is 51.8 Å². The number of pyridine rings is 1. The molecule has 1 aliphatic rings. The van der Waals surface area contributed by atoms with E-state index in [0.717, 1.165) is 6.07 Å². The molecule has 2 rings (SSSR count). The lowest BCUT2D eigenvalue weighted by molar-refractivity contribution is -0.138. The Hall–Kier alpha value is -1.79. The number of rotatable bonds is 1. The van der Waals surface area contributed by atoms with Crippen LogP contribution in [0.15, 0.2) is 12.3 Å². The van der Waals surface area contributed by atoms with Crippen LogP contribution in [0.3, 0.4) is 0 Å². The van der Waals surface area contributed by atoms with Crippen LogP contribution in [0.4, 0.5) is 18.0 Å². The normalized spacial score (nSPS) is 19.1. The van der Waals surface area contributed by atoms with E-state index >= 15 is 0 Å². The SMILES string of the molecule is Cc1ncc(C2CCN(C(=O)OC(C)(C)C)C2)cc1C(F)(F)F. The number of nitrogens with zero attached hydrogens (tertiary/aromatic N) is 2. The lowest BCUT2D eigenvalue weighted by Gasteiger charge is -2.24. The molecule has 0 radical (unpaired) electrons. The van der Waals surface area contributed by atoms with Crippen molar-refractivity contribution in [2.75, 3.05) is 13.1 Å². The number of halogens is 3. The second-order valence-corrected chi connectivity index (χ2v) is 6.81. The van der Waals surface area contributed by atoms with Crippen molar-refractivity contribution in [3.63, 3.8) is 0 Å². The molecule has 1 aromatic rings. The van der Waals surface area contributed by atoms with Crippen molar-refractivity contribution in [3.05, 3.63) is 29.1 Å². The fraction of sp³-hybridized carbons (Fsp3) is 0.625. The van der Waals surface area contributed by atoms with Crippen LogP contribution in [-0.2, 0) is 10.9 Å². The Morgan fingerprint density at radius 1 is 1.35 bits per heavy atom. The second kappa shape index (κ2) is 6.02. The van der Waals surface area contributed by atoms with Gasteiger partial charge in [0.1, 0.15) is 5.60 Å². The first-order valence-electron chi connectivity index (χ1n) is 7.49. The molecular weight excluding hydrogens is 309 g/mol. The average Bonchev–Trinajstić information content (AvgIpc) is 2.85. The maximum atomic E-state index is 13.0. The minimum absolute atomic E-state index is 0.0387. The van der Waals surface area contributed by atoms with E-state index in [9.17, 15) is 18.0 Å². The summed E-state index contributed by atoms with van der Waals surface area (Å²) >= 11 is 0. The van der Waals surface area contributed by atoms with Crippen LogP contribution < -0.4 is 0 Å². The summed E-state index contributed by atoms with van der Waals surface area (Å²) in [7, 11) is 0. The molecule has 0 aromatic carbocycles. The van der Waals surface area contributed by atoms with E-state index in [2.05, 4.69) is 4.98 Å². The van der Waals surface area contributed by atoms with Gasteiger partial charge in [-0.15, -0.1) is 0 Å². The number of hydrogen-bond donors (Lipinski definition) is 0. The minimum atomic E-state index is -4.42. The minimum Gasteiger partial charge on any atom is -0.444 e. The van der Waals surface area contributed by atoms with Gasteiger partial charge >= 0.3 is 12.3 Å². The summed E-state index contributed by atoms with van der Waals surface area (Å²) in [6, 6.07) is 1.14. The number of hydrogen-bond acceptors (Lipinski definition) is 3. The predicted octanol–water partition coefficient (Wildman–Crippen LogP) is 4.13. The standard InChI is InChI=1S/C16H21F3N2O2/c1-10-13(16(17,18)19)7-12(8-20-10)11-5-6-21(9-11)14(22)23-15(2,3)4/h7-8,11H,5-6,9H2,1-4H3. The molecule has 1 amide bonds. The van der Waals surface area contributed by atoms with Crippen LogP contribution in [0.5, 0.6) is 0 Å². The Kier molecular flexibility index (Phi) is 4.59. The molecule has 0 aliphatic carbocycles. The Balaban J connectivity index is 2.12. The average molecular weight is 330 g/mol. The van der Waals surface area contributed by atoms with Gasteiger partial charge in [0.2, 0.25) is 0 Å². The fourth-order valence-electron chi connectivity index (χ4n) is 2.58. The van der Waals surface area contributed by atoms with Crippen LogP contribution in [0.2, 0.25) is 0 Å². The highest BCUT2D eigenvalue weighted by Crippen LogP contribution is 2.35. The summed E-state index contributed by atoms with van der Waals surface area (Å²) in [4.78, 5) is 17.4. The van der Waals surface area contributed by atoms with E-state index in [4.69, 9.17) is 4.74 Å². The Morgan fingerprint density at radius 3 is 2.57 bits per heavy atom. The molecular formula is C16H21F3N2O2. The molecule has 23 heavy (non-hydrogen) atoms. The zero-order valence-corrected chi connectivity index (χ0v) is 13.7. The van der Waals surface area contributed by atoms with Gasteiger partial charge in [0.15, 0.2) is 0 Å². The summed E-state index contributed by atoms with van der Waals surface area (Å²) in [5.74, 6) is -0.156. The molecule has 4 nitrogen and oxygen atoms in total. The molecule has 1 atom stereocenters. The monoisotopic (exact) mass is 330 g/mol. The van der Waals surface area contributed by atoms with E-state index in [0.29, 0.717) is 25.1 Å². The van der Waals surface area contributed by atoms with Crippen LogP contribution in [-0.4, -0.2) is 34.7 Å². The summed E-state index contributed by atoms with van der Waals surface area (Å²) in [6.07, 6.45) is -2.79. The quantitative estimate of drug-likeness (QED) is 0.777. The first kappa shape index (κ1) is 17.6. The van der Waals surface area contributed by atoms with E-state index in [1.807, 2.05) is 0 Å². The van der Waals surface area contributed by atoms with Gasteiger partial charge in [-0.1, -0.05) is 0 Å². The summed E-state index contributed by atoms with van der Waals surface area (Å²) in [5, 5.41) is 0. The fourth-order valence-corrected chi connectivity index (χ4v) is 2.58. The zero-order valence-electron chi connectivity index (χ0n) is 13.7. The molecule has 2 heterocycles. The molecule has 1 aromatic heterocycles. The molecule has 0 spiro atoms. The number of carbonyl (C=O) groups excluding carboxylic acids is 1. The third-order valence-corrected chi connectivity index (χ3v) is 3.72. The smallest absolute Gasteiger partial charge is 0.418 e. The molecule has 1 saturated heterocycles. The van der Waals surface area contributed by atoms with Gasteiger partial charge in [0.05, 0.1) is 5.56 Å². The number of aromatic nitrogens is 1. The summed E-state index contributed by atoms with van der Waals surface area (Å²) in [5.41, 5.74) is -0.840. The highest BCUT2D eigenvalue weighted by Gasteiger charge is 2.35. The van der Waals surface area contributed by atoms with Crippen molar-refractivity contribution in [1.82, 2.24) is 9.88 Å². The van der Waals surface area contributed by atoms with Crippen LogP contribution in [0.1, 0.15) is 49.9 Å². The maximum absolute atomic E-state index is 13.0. The zero-order chi connectivity index (χ0) is 17.4. The topological polar surface area (TPSA) is 42.4 Å². The first-order chi connectivity index (χ1) is 10.5. The Bertz CT molecular complexity index is 594. The van der Waals surface area contributed by atoms with Crippen molar-refractivity contribution in [1.29, 1.82) is 0 Å². The molecule has 128 valence electrons. The maximum Gasteiger partial charge on any atom is 0.418 e. The van der Waals surface area contributed by atoms with Gasteiger partial charge in [-0.25, -0.2) is 4.79 Å². The van der Waals surface area contributed by atoms with Crippen LogP contribution in [0, 0.1) is 6.92 Å². The molecule has 0 bridgehead atoms. The lowest BCUT2D eigenvalue weighted by atomic mass is 9.98. The number of ether oxygens (including phenoxy) is 1. The second-order valence-electron chi connectivity index (χ2n) is 6.81. The Labute approximate surface area is 133 Å². The number of likely N-dealkylation sites (tertiary alicyclic amines) is 1. The molecule has 7 heteroatoms. The highest BCUT2D eigenvalue weighted by molar-refractivity contribution is 5.68. The number of alkyl halides is 3. The van der Waals surface area contributed by atoms with E-state index in [1.165, 1.54) is 18.0 Å². The highest BCUT2D eigenvalue weighted by atomic mass is 19.4. The molecule has 1 aliphatic heterocycles. The van der Waals surface area contributed by atoms with Gasteiger partial charge in [-0.2, -0.15) is 13.2 Å². The number of amides is 1. The van der Waals surface area contributed by atoms with E-state index in [1.54, 1.807) is 20.8 Å². The van der Waals surface area contributed by atoms with Crippen molar-refractivity contribution < 1.29 is 22.7 Å². The van der Waals surface area contributed by atoms with Crippen LogP contribution in [0.25, 0.3) is 0 Å². The number of carbonyl (C=O) groups is 1. The largest absolute Gasteiger partial charge is 0.444 e. The van der Waals surface area contributed by atoms with Crippen molar-refractivity contribution in [3.8, 4) is 0 Å². The number of aryl methyl sites for hydroxylation is 1. The molecule has 0 N–H and O–H groups in total. The van der Waals surface area contributed by atoms with Gasteiger partial charge < -0.3 is 9.64 Å². The van der Waals surface area contributed by atoms with Crippen LogP contribution >= 0.6 is 0 Å². The molecule has 0 saturated carbocycles. The Morgan fingerprint density at radius 2 is 2.00 bits per heavy atom. The molecule has 1 unspecified atom stereocenters. The lowest BCUT2D eigenvalue weighted by Crippen LogP contribution is -2.35. The predicted molar refractivity (Wildman–Crippen MR) is 79.1 cm³/mol. The van der Waals surface area contributed by atoms with Crippen molar-refractivity contribution >= 4 is 6.09 Å². The van der Waals surface area contributed by atoms with Gasteiger partial charge in [-0.3, -0.25) is 4.98 Å². The first-order valence-corrected chi connectivity index (χ1v) is 7.49. The van der Waals surface area contributed by atoms with E-state index < -0.39 is 23.4 Å². The van der Waals surface area contributed by atoms with Gasteiger partial charge in [-0.05, 0) is 45.7 Å². The van der Waals surface area contributed by atoms with Gasteiger partial charge in [0, 0.05) is 30.9 Å². The van der Waals surface area contributed by atoms with Gasteiger partial charge in [0.25, 0.3) is 0 Å². The third kappa shape index (κ3) is 4.36.